The summed E-state index contributed by atoms with van der Waals surface area (Å²) < 4.78 is 15.4. The van der Waals surface area contributed by atoms with Crippen molar-refractivity contribution < 1.29 is 14.3 Å². The minimum Gasteiger partial charge on any atom is -0.481 e. The molecule has 1 saturated carbocycles. The summed E-state index contributed by atoms with van der Waals surface area (Å²) in [5.74, 6) is -1.14. The highest BCUT2D eigenvalue weighted by Crippen LogP contribution is 2.54. The second-order valence-corrected chi connectivity index (χ2v) is 9.32. The number of pyridine rings is 1. The first-order chi connectivity index (χ1) is 15.5. The minimum atomic E-state index is -0.668. The van der Waals surface area contributed by atoms with E-state index in [0.29, 0.717) is 0 Å². The number of rotatable bonds is 3. The molecule has 2 aromatic heterocycles. The smallest absolute Gasteiger partial charge is 0.306 e. The van der Waals surface area contributed by atoms with E-state index in [0.717, 1.165) is 55.5 Å². The van der Waals surface area contributed by atoms with E-state index in [1.807, 2.05) is 24.4 Å². The fourth-order valence-corrected chi connectivity index (χ4v) is 5.72. The number of hydrogen-bond acceptors (Lipinski definition) is 5. The Morgan fingerprint density at radius 2 is 1.91 bits per heavy atom. The van der Waals surface area contributed by atoms with E-state index in [9.17, 15) is 14.3 Å². The number of allylic oxidation sites excluding steroid dienone is 1. The van der Waals surface area contributed by atoms with Crippen molar-refractivity contribution in [3.05, 3.63) is 72.2 Å². The Hall–Kier alpha value is -3.42. The van der Waals surface area contributed by atoms with Gasteiger partial charge in [-0.15, -0.1) is 0 Å². The normalized spacial score (nSPS) is 27.2. The molecule has 2 fully saturated rings. The van der Waals surface area contributed by atoms with E-state index in [4.69, 9.17) is 0 Å². The van der Waals surface area contributed by atoms with Gasteiger partial charge in [-0.2, -0.15) is 5.10 Å². The van der Waals surface area contributed by atoms with Gasteiger partial charge >= 0.3 is 5.97 Å². The van der Waals surface area contributed by atoms with Gasteiger partial charge < -0.3 is 14.9 Å². The van der Waals surface area contributed by atoms with Crippen LogP contribution in [0.3, 0.4) is 0 Å². The van der Waals surface area contributed by atoms with Crippen LogP contribution in [-0.4, -0.2) is 37.1 Å². The number of carboxylic acid groups (broad SMARTS) is 1. The van der Waals surface area contributed by atoms with Crippen LogP contribution < -0.4 is 4.90 Å². The Morgan fingerprint density at radius 1 is 1.12 bits per heavy atom. The van der Waals surface area contributed by atoms with Crippen LogP contribution in [0.1, 0.15) is 43.8 Å². The number of anilines is 1. The number of carbonyl (C=O) groups is 1. The molecule has 32 heavy (non-hydrogen) atoms. The van der Waals surface area contributed by atoms with Crippen LogP contribution in [0.5, 0.6) is 0 Å². The molecule has 1 aliphatic carbocycles. The minimum absolute atomic E-state index is 0.0689. The quantitative estimate of drug-likeness (QED) is 0.668. The molecule has 2 aliphatic heterocycles. The Balaban J connectivity index is 1.36. The van der Waals surface area contributed by atoms with Gasteiger partial charge in [0.05, 0.1) is 5.92 Å². The highest BCUT2D eigenvalue weighted by Gasteiger charge is 2.49. The summed E-state index contributed by atoms with van der Waals surface area (Å²) in [6, 6.07) is 10.6. The van der Waals surface area contributed by atoms with Crippen molar-refractivity contribution in [2.24, 2.45) is 11.3 Å². The predicted octanol–water partition coefficient (Wildman–Crippen LogP) is 4.20. The molecule has 1 N–H and O–H groups in total. The Kier molecular flexibility index (Phi) is 4.25. The zero-order chi connectivity index (χ0) is 21.9. The first-order valence-electron chi connectivity index (χ1n) is 11.0. The van der Waals surface area contributed by atoms with Crippen molar-refractivity contribution in [3.63, 3.8) is 0 Å². The van der Waals surface area contributed by atoms with E-state index < -0.39 is 5.97 Å². The van der Waals surface area contributed by atoms with Gasteiger partial charge in [0.2, 0.25) is 0 Å². The van der Waals surface area contributed by atoms with E-state index in [1.54, 1.807) is 10.8 Å². The number of aromatic nitrogens is 3. The summed E-state index contributed by atoms with van der Waals surface area (Å²) in [4.78, 5) is 20.3. The summed E-state index contributed by atoms with van der Waals surface area (Å²) in [6.45, 7) is 0.892. The molecule has 6 rings (SSSR count). The average Bonchev–Trinajstić information content (AvgIpc) is 3.47. The Labute approximate surface area is 184 Å². The number of nitrogens with zero attached hydrogens (tertiary/aromatic N) is 5. The van der Waals surface area contributed by atoms with Gasteiger partial charge in [0.15, 0.2) is 5.65 Å². The Morgan fingerprint density at radius 3 is 2.66 bits per heavy atom. The topological polar surface area (TPSA) is 74.0 Å². The lowest BCUT2D eigenvalue weighted by molar-refractivity contribution is -0.143. The monoisotopic (exact) mass is 433 g/mol. The van der Waals surface area contributed by atoms with Gasteiger partial charge in [0.25, 0.3) is 0 Å². The van der Waals surface area contributed by atoms with Crippen molar-refractivity contribution >= 4 is 17.3 Å². The molecule has 1 spiro atoms. The maximum Gasteiger partial charge on any atom is 0.306 e. The predicted molar refractivity (Wildman–Crippen MR) is 116 cm³/mol. The van der Waals surface area contributed by atoms with Crippen LogP contribution in [0.15, 0.2) is 60.8 Å². The third-order valence-electron chi connectivity index (χ3n) is 7.39. The molecule has 7 nitrogen and oxygen atoms in total. The summed E-state index contributed by atoms with van der Waals surface area (Å²) >= 11 is 0. The highest BCUT2D eigenvalue weighted by atomic mass is 19.1. The molecule has 1 unspecified atom stereocenters. The van der Waals surface area contributed by atoms with Crippen LogP contribution in [0.2, 0.25) is 0 Å². The number of aliphatic carboxylic acids is 1. The molecular weight excluding hydrogens is 409 g/mol. The lowest BCUT2D eigenvalue weighted by atomic mass is 9.69. The van der Waals surface area contributed by atoms with E-state index >= 15 is 0 Å². The van der Waals surface area contributed by atoms with Crippen molar-refractivity contribution in [2.75, 3.05) is 11.4 Å². The van der Waals surface area contributed by atoms with Gasteiger partial charge in [0.1, 0.15) is 18.3 Å². The molecule has 3 aliphatic rings. The summed E-state index contributed by atoms with van der Waals surface area (Å²) in [7, 11) is 0. The highest BCUT2D eigenvalue weighted by molar-refractivity contribution is 5.70. The number of halogens is 1. The number of carboxylic acids is 1. The molecule has 1 saturated heterocycles. The van der Waals surface area contributed by atoms with Crippen LogP contribution in [0.25, 0.3) is 5.65 Å². The van der Waals surface area contributed by atoms with Gasteiger partial charge in [-0.05, 0) is 73.9 Å². The summed E-state index contributed by atoms with van der Waals surface area (Å²) in [5, 5.41) is 13.7. The Bertz CT molecular complexity index is 1210. The van der Waals surface area contributed by atoms with Crippen LogP contribution in [0, 0.1) is 17.2 Å². The molecule has 0 radical (unpaired) electrons. The van der Waals surface area contributed by atoms with Gasteiger partial charge in [0, 0.05) is 35.9 Å². The molecule has 8 heteroatoms. The zero-order valence-corrected chi connectivity index (χ0v) is 17.6. The van der Waals surface area contributed by atoms with Crippen molar-refractivity contribution in [1.29, 1.82) is 0 Å². The summed E-state index contributed by atoms with van der Waals surface area (Å²) in [5.41, 5.74) is 4.18. The molecule has 3 aromatic rings. The first-order valence-corrected chi connectivity index (χ1v) is 11.0. The van der Waals surface area contributed by atoms with Crippen molar-refractivity contribution in [3.8, 4) is 0 Å². The van der Waals surface area contributed by atoms with Crippen LogP contribution >= 0.6 is 0 Å². The van der Waals surface area contributed by atoms with Crippen LogP contribution in [0.4, 0.5) is 10.1 Å². The number of fused-ring (bicyclic) bond motifs is 2. The zero-order valence-electron chi connectivity index (χ0n) is 17.6. The number of hydrogen-bond donors (Lipinski definition) is 1. The van der Waals surface area contributed by atoms with Crippen LogP contribution in [-0.2, 0) is 4.79 Å². The van der Waals surface area contributed by atoms with E-state index in [-0.39, 0.29) is 23.3 Å². The molecule has 0 amide bonds. The third-order valence-corrected chi connectivity index (χ3v) is 7.39. The standard InChI is InChI=1S/C24H24FN5O2/c25-18-2-4-19(5-3-18)28-13-20-11-24(9-7-16(8-10-24)23(31)32)14-29(20)22(28)17-1-6-21-26-15-27-30(21)12-17/h1-6,12-13,15-16,22H,7-11,14H2,(H,31,32). The lowest BCUT2D eigenvalue weighted by Crippen LogP contribution is -2.37. The van der Waals surface area contributed by atoms with E-state index in [1.165, 1.54) is 17.8 Å². The summed E-state index contributed by atoms with van der Waals surface area (Å²) in [6.07, 6.45) is 9.96. The average molecular weight is 433 g/mol. The van der Waals surface area contributed by atoms with Gasteiger partial charge in [-0.25, -0.2) is 13.9 Å². The van der Waals surface area contributed by atoms with Gasteiger partial charge in [-0.1, -0.05) is 0 Å². The fourth-order valence-electron chi connectivity index (χ4n) is 5.72. The maximum atomic E-state index is 13.6. The largest absolute Gasteiger partial charge is 0.481 e. The second kappa shape index (κ2) is 7.05. The molecule has 0 bridgehead atoms. The fraction of sp³-hybridized carbons (Fsp3) is 0.375. The van der Waals surface area contributed by atoms with Gasteiger partial charge in [-0.3, -0.25) is 4.79 Å². The second-order valence-electron chi connectivity index (χ2n) is 9.32. The molecular formula is C24H24FN5O2. The first kappa shape index (κ1) is 19.3. The molecule has 4 heterocycles. The molecule has 1 aromatic carbocycles. The lowest BCUT2D eigenvalue weighted by Gasteiger charge is -2.38. The van der Waals surface area contributed by atoms with E-state index in [2.05, 4.69) is 32.1 Å². The molecule has 1 atom stereocenters. The maximum absolute atomic E-state index is 13.6. The van der Waals surface area contributed by atoms with Crippen molar-refractivity contribution in [2.45, 2.75) is 38.3 Å². The SMILES string of the molecule is O=C(O)C1CCC2(CC1)CC1=CN(c3ccc(F)cc3)C(c3ccc4ncnn4c3)N1C2. The molecule has 164 valence electrons. The number of benzene rings is 1. The van der Waals surface area contributed by atoms with Crippen molar-refractivity contribution in [1.82, 2.24) is 19.5 Å². The third kappa shape index (κ3) is 3.04.